The molecule has 0 aliphatic carbocycles. The maximum absolute atomic E-state index is 13.0. The van der Waals surface area contributed by atoms with Crippen LogP contribution in [-0.2, 0) is 17.1 Å². The van der Waals surface area contributed by atoms with Crippen LogP contribution in [-0.4, -0.2) is 30.6 Å². The summed E-state index contributed by atoms with van der Waals surface area (Å²) in [6.07, 6.45) is -3.54. The first-order valence-electron chi connectivity index (χ1n) is 9.31. The summed E-state index contributed by atoms with van der Waals surface area (Å²) in [6, 6.07) is 0.548. The zero-order valence-corrected chi connectivity index (χ0v) is 17.1. The fourth-order valence-electron chi connectivity index (χ4n) is 2.66. The highest BCUT2D eigenvalue weighted by molar-refractivity contribution is 5.90. The summed E-state index contributed by atoms with van der Waals surface area (Å²) in [6.45, 7) is 3.47. The van der Waals surface area contributed by atoms with Crippen LogP contribution < -0.4 is 5.32 Å². The van der Waals surface area contributed by atoms with Gasteiger partial charge in [-0.3, -0.25) is 4.79 Å². The van der Waals surface area contributed by atoms with Gasteiger partial charge in [-0.15, -0.1) is 5.10 Å². The second-order valence-electron chi connectivity index (χ2n) is 7.01. The molecule has 3 rings (SSSR count). The second-order valence-corrected chi connectivity index (χ2v) is 7.01. The molecule has 13 heteroatoms. The van der Waals surface area contributed by atoms with Gasteiger partial charge >= 0.3 is 12.4 Å². The lowest BCUT2D eigenvalue weighted by Gasteiger charge is -2.13. The van der Waals surface area contributed by atoms with Crippen LogP contribution in [0, 0.1) is 6.92 Å². The number of halogens is 6. The van der Waals surface area contributed by atoms with E-state index in [1.54, 1.807) is 19.3 Å². The van der Waals surface area contributed by atoms with Gasteiger partial charge in [-0.1, -0.05) is 0 Å². The molecule has 1 N–H and O–H groups in total. The summed E-state index contributed by atoms with van der Waals surface area (Å²) in [4.78, 5) is 24.0. The largest absolute Gasteiger partial charge is 0.416 e. The molecule has 0 aliphatic heterocycles. The molecule has 2 aromatic heterocycles. The number of aromatic nitrogens is 5. The number of hydrogen-bond acceptors (Lipinski definition) is 5. The predicted molar refractivity (Wildman–Crippen MR) is 104 cm³/mol. The smallest absolute Gasteiger partial charge is 0.343 e. The molecule has 0 fully saturated rings. The van der Waals surface area contributed by atoms with Gasteiger partial charge in [0.25, 0.3) is 0 Å². The van der Waals surface area contributed by atoms with Gasteiger partial charge in [0, 0.05) is 30.2 Å². The lowest BCUT2D eigenvalue weighted by Crippen LogP contribution is -2.26. The number of carbonyl (C=O) groups is 1. The number of alkyl halides is 6. The van der Waals surface area contributed by atoms with Gasteiger partial charge in [-0.05, 0) is 37.6 Å². The Kier molecular flexibility index (Phi) is 6.51. The molecule has 0 radical (unpaired) electrons. The number of nitrogens with one attached hydrogen (secondary N) is 1. The molecule has 0 saturated carbocycles. The van der Waals surface area contributed by atoms with Crippen molar-refractivity contribution < 1.29 is 31.1 Å². The molecule has 3 aromatic rings. The summed E-state index contributed by atoms with van der Waals surface area (Å²) in [7, 11) is 0. The molecular weight excluding hydrogens is 454 g/mol. The van der Waals surface area contributed by atoms with Gasteiger partial charge in [-0.25, -0.2) is 19.6 Å². The Morgan fingerprint density at radius 2 is 1.58 bits per heavy atom. The van der Waals surface area contributed by atoms with Crippen LogP contribution in [0.25, 0.3) is 17.6 Å². The summed E-state index contributed by atoms with van der Waals surface area (Å²) in [5.74, 6) is -0.546. The molecule has 0 aliphatic rings. The fourth-order valence-corrected chi connectivity index (χ4v) is 2.66. The van der Waals surface area contributed by atoms with Gasteiger partial charge in [-0.2, -0.15) is 26.3 Å². The quantitative estimate of drug-likeness (QED) is 0.441. The van der Waals surface area contributed by atoms with Crippen LogP contribution in [0.1, 0.15) is 35.5 Å². The van der Waals surface area contributed by atoms with E-state index in [4.69, 9.17) is 0 Å². The Labute approximate surface area is 183 Å². The standard InChI is InChI=1S/C20H16F6N6O/c1-11-8-27-17(28-9-11)12(2)30-16(33)3-4-32-10-29-18(31-32)13-5-14(19(21,22)23)7-15(6-13)20(24,25)26/h3-10,12H,1-2H3,(H,30,33). The molecule has 2 heterocycles. The van der Waals surface area contributed by atoms with Crippen molar-refractivity contribution in [3.05, 3.63) is 65.5 Å². The minimum atomic E-state index is -4.99. The van der Waals surface area contributed by atoms with E-state index in [0.29, 0.717) is 18.0 Å². The molecule has 0 saturated heterocycles. The van der Waals surface area contributed by atoms with Crippen LogP contribution in [0.15, 0.2) is 43.0 Å². The van der Waals surface area contributed by atoms with Gasteiger partial charge in [0.2, 0.25) is 5.91 Å². The van der Waals surface area contributed by atoms with Crippen molar-refractivity contribution in [3.63, 3.8) is 0 Å². The first-order valence-corrected chi connectivity index (χ1v) is 9.31. The Morgan fingerprint density at radius 1 is 1.00 bits per heavy atom. The van der Waals surface area contributed by atoms with Crippen LogP contribution in [0.2, 0.25) is 0 Å². The van der Waals surface area contributed by atoms with Crippen molar-refractivity contribution in [3.8, 4) is 11.4 Å². The van der Waals surface area contributed by atoms with E-state index < -0.39 is 41.0 Å². The average molecular weight is 470 g/mol. The second kappa shape index (κ2) is 9.00. The van der Waals surface area contributed by atoms with Crippen molar-refractivity contribution >= 4 is 12.1 Å². The number of carbonyl (C=O) groups excluding carboxylic acids is 1. The molecule has 33 heavy (non-hydrogen) atoms. The van der Waals surface area contributed by atoms with Gasteiger partial charge in [0.15, 0.2) is 5.82 Å². The lowest BCUT2D eigenvalue weighted by molar-refractivity contribution is -0.143. The SMILES string of the molecule is Cc1cnc(C(C)NC(=O)C=Cn2cnc(-c3cc(C(F)(F)F)cc(C(F)(F)F)c3)n2)nc1. The van der Waals surface area contributed by atoms with E-state index >= 15 is 0 Å². The third kappa shape index (κ3) is 6.14. The molecule has 174 valence electrons. The van der Waals surface area contributed by atoms with Gasteiger partial charge in [0.05, 0.1) is 17.2 Å². The Hall–Kier alpha value is -3.77. The van der Waals surface area contributed by atoms with E-state index in [1.165, 1.54) is 0 Å². The molecule has 0 spiro atoms. The highest BCUT2D eigenvalue weighted by atomic mass is 19.4. The van der Waals surface area contributed by atoms with Gasteiger partial charge in [0.1, 0.15) is 12.2 Å². The van der Waals surface area contributed by atoms with Crippen molar-refractivity contribution in [1.29, 1.82) is 0 Å². The Morgan fingerprint density at radius 3 is 2.12 bits per heavy atom. The summed E-state index contributed by atoms with van der Waals surface area (Å²) in [5, 5.41) is 6.44. The zero-order valence-electron chi connectivity index (χ0n) is 17.1. The fraction of sp³-hybridized carbons (Fsp3) is 0.250. The molecule has 1 amide bonds. The minimum Gasteiger partial charge on any atom is -0.343 e. The highest BCUT2D eigenvalue weighted by Gasteiger charge is 2.37. The monoisotopic (exact) mass is 470 g/mol. The first kappa shape index (κ1) is 23.9. The van der Waals surface area contributed by atoms with Crippen LogP contribution in [0.5, 0.6) is 0 Å². The van der Waals surface area contributed by atoms with Gasteiger partial charge < -0.3 is 5.32 Å². The van der Waals surface area contributed by atoms with E-state index in [1.807, 2.05) is 6.92 Å². The van der Waals surface area contributed by atoms with E-state index in [2.05, 4.69) is 25.4 Å². The average Bonchev–Trinajstić information content (AvgIpc) is 3.20. The van der Waals surface area contributed by atoms with Crippen molar-refractivity contribution in [1.82, 2.24) is 30.0 Å². The zero-order chi connectivity index (χ0) is 24.4. The Balaban J connectivity index is 1.77. The number of rotatable bonds is 5. The predicted octanol–water partition coefficient (Wildman–Crippen LogP) is 4.43. The lowest BCUT2D eigenvalue weighted by atomic mass is 10.0. The summed E-state index contributed by atoms with van der Waals surface area (Å²) >= 11 is 0. The number of aryl methyl sites for hydroxylation is 1. The summed E-state index contributed by atoms with van der Waals surface area (Å²) < 4.78 is 79.2. The number of nitrogens with zero attached hydrogens (tertiary/aromatic N) is 5. The first-order chi connectivity index (χ1) is 15.3. The van der Waals surface area contributed by atoms with Crippen LogP contribution in [0.3, 0.4) is 0 Å². The van der Waals surface area contributed by atoms with Crippen molar-refractivity contribution in [2.45, 2.75) is 32.2 Å². The maximum atomic E-state index is 13.0. The Bertz CT molecular complexity index is 1130. The summed E-state index contributed by atoms with van der Waals surface area (Å²) in [5.41, 5.74) is -2.59. The third-order valence-corrected chi connectivity index (χ3v) is 4.28. The molecule has 0 bridgehead atoms. The molecular formula is C20H16F6N6O. The normalized spacial score (nSPS) is 13.3. The topological polar surface area (TPSA) is 85.6 Å². The third-order valence-electron chi connectivity index (χ3n) is 4.28. The molecule has 1 atom stereocenters. The van der Waals surface area contributed by atoms with Crippen molar-refractivity contribution in [2.75, 3.05) is 0 Å². The van der Waals surface area contributed by atoms with E-state index in [-0.39, 0.29) is 11.9 Å². The van der Waals surface area contributed by atoms with Crippen LogP contribution >= 0.6 is 0 Å². The van der Waals surface area contributed by atoms with Crippen molar-refractivity contribution in [2.24, 2.45) is 0 Å². The number of amides is 1. The van der Waals surface area contributed by atoms with E-state index in [0.717, 1.165) is 28.8 Å². The highest BCUT2D eigenvalue weighted by Crippen LogP contribution is 2.38. The maximum Gasteiger partial charge on any atom is 0.416 e. The molecule has 1 unspecified atom stereocenters. The number of hydrogen-bond donors (Lipinski definition) is 1. The number of benzene rings is 1. The van der Waals surface area contributed by atoms with E-state index in [9.17, 15) is 31.1 Å². The molecule has 7 nitrogen and oxygen atoms in total. The van der Waals surface area contributed by atoms with Crippen LogP contribution in [0.4, 0.5) is 26.3 Å². The minimum absolute atomic E-state index is 0.0175. The molecule has 1 aromatic carbocycles.